The molecule has 158 valence electrons. The summed E-state index contributed by atoms with van der Waals surface area (Å²) in [4.78, 5) is 13.8. The van der Waals surface area contributed by atoms with Crippen LogP contribution in [0.3, 0.4) is 0 Å². The Balaban J connectivity index is 2.17. The van der Waals surface area contributed by atoms with Gasteiger partial charge in [-0.2, -0.15) is 0 Å². The number of hydrogen-bond donors (Lipinski definition) is 2. The SMILES string of the molecule is CNc1ccc(Cc2c([OH+]C(F)F)[nH+]c3c(Cl)ccc(OCC(=O)O)c3c2C)cc1. The van der Waals surface area contributed by atoms with E-state index >= 15 is 0 Å². The third kappa shape index (κ3) is 4.71. The Labute approximate surface area is 176 Å². The number of rotatable bonds is 8. The Bertz CT molecular complexity index is 1080. The molecule has 0 aliphatic heterocycles. The number of hydrogen-bond acceptors (Lipinski definition) is 3. The maximum absolute atomic E-state index is 13.1. The van der Waals surface area contributed by atoms with Crippen molar-refractivity contribution in [1.82, 2.24) is 0 Å². The second-order valence-electron chi connectivity index (χ2n) is 6.59. The predicted octanol–water partition coefficient (Wildman–Crippen LogP) is 4.18. The lowest BCUT2D eigenvalue weighted by Gasteiger charge is -2.12. The number of aromatic hydroxyl groups is 1. The molecule has 0 unspecified atom stereocenters. The van der Waals surface area contributed by atoms with Crippen molar-refractivity contribution in [3.63, 3.8) is 0 Å². The van der Waals surface area contributed by atoms with Crippen molar-refractivity contribution in [3.05, 3.63) is 58.1 Å². The minimum absolute atomic E-state index is 0.0185. The minimum Gasteiger partial charge on any atom is -0.482 e. The normalized spacial score (nSPS) is 11.0. The molecule has 6 nitrogen and oxygen atoms in total. The van der Waals surface area contributed by atoms with E-state index in [4.69, 9.17) is 21.4 Å². The number of ether oxygens (including phenoxy) is 2. The van der Waals surface area contributed by atoms with Crippen molar-refractivity contribution >= 4 is 34.2 Å². The molecule has 0 bridgehead atoms. The van der Waals surface area contributed by atoms with Crippen LogP contribution in [-0.4, -0.2) is 36.1 Å². The van der Waals surface area contributed by atoms with Crippen molar-refractivity contribution in [2.45, 2.75) is 20.0 Å². The van der Waals surface area contributed by atoms with Crippen LogP contribution in [0, 0.1) is 6.92 Å². The van der Waals surface area contributed by atoms with Crippen molar-refractivity contribution < 1.29 is 33.1 Å². The van der Waals surface area contributed by atoms with E-state index in [-0.39, 0.29) is 10.9 Å². The molecule has 0 saturated carbocycles. The molecule has 4 N–H and O–H groups in total. The number of carboxylic acid groups (broad SMARTS) is 1. The number of aromatic nitrogens is 1. The number of halogens is 3. The highest BCUT2D eigenvalue weighted by Crippen LogP contribution is 2.36. The summed E-state index contributed by atoms with van der Waals surface area (Å²) in [5.74, 6) is -0.820. The van der Waals surface area contributed by atoms with Gasteiger partial charge in [0.1, 0.15) is 16.3 Å². The number of carbonyl (C=O) groups is 1. The summed E-state index contributed by atoms with van der Waals surface area (Å²) < 4.78 is 35.1. The van der Waals surface area contributed by atoms with Crippen LogP contribution in [0.25, 0.3) is 10.9 Å². The van der Waals surface area contributed by atoms with E-state index in [1.165, 1.54) is 6.07 Å². The number of aliphatic hydroxyl groups is 1. The van der Waals surface area contributed by atoms with Gasteiger partial charge in [-0.15, -0.1) is 13.8 Å². The highest BCUT2D eigenvalue weighted by Gasteiger charge is 2.30. The largest absolute Gasteiger partial charge is 0.509 e. The lowest BCUT2D eigenvalue weighted by Crippen LogP contribution is -2.18. The van der Waals surface area contributed by atoms with Crippen LogP contribution in [0.2, 0.25) is 5.02 Å². The number of aliphatic carboxylic acids is 1. The standard InChI is InChI=1S/C21H19ClF2N2O4/c1-11-14(9-12-3-5-13(25-2)6-4-12)20(30-21(23)24)26-19-15(22)7-8-16(18(11)19)29-10-17(27)28/h3-8,21,25H,9-10H2,1-2H3,(H,27,28)/p+2. The van der Waals surface area contributed by atoms with Crippen molar-refractivity contribution in [2.75, 3.05) is 19.0 Å². The van der Waals surface area contributed by atoms with Gasteiger partial charge in [-0.3, -0.25) is 0 Å². The summed E-state index contributed by atoms with van der Waals surface area (Å²) in [7, 11) is 1.81. The van der Waals surface area contributed by atoms with Gasteiger partial charge in [0.2, 0.25) is 5.52 Å². The summed E-state index contributed by atoms with van der Waals surface area (Å²) in [6.45, 7) is -1.70. The lowest BCUT2D eigenvalue weighted by atomic mass is 9.97. The number of anilines is 1. The average Bonchev–Trinajstić information content (AvgIpc) is 2.70. The first-order valence-electron chi connectivity index (χ1n) is 9.07. The number of aryl methyl sites for hydroxylation is 1. The molecule has 0 fully saturated rings. The summed E-state index contributed by atoms with van der Waals surface area (Å²) in [6, 6.07) is 10.6. The Morgan fingerprint density at radius 2 is 1.97 bits per heavy atom. The monoisotopic (exact) mass is 438 g/mol. The van der Waals surface area contributed by atoms with E-state index in [1.807, 2.05) is 24.3 Å². The molecule has 1 aromatic heterocycles. The summed E-state index contributed by atoms with van der Waals surface area (Å²) in [6.07, 6.45) is 0.332. The van der Waals surface area contributed by atoms with E-state index in [2.05, 4.69) is 15.0 Å². The second kappa shape index (κ2) is 9.13. The molecule has 0 spiro atoms. The first-order valence-corrected chi connectivity index (χ1v) is 9.45. The number of aromatic amines is 1. The Morgan fingerprint density at radius 3 is 2.57 bits per heavy atom. The second-order valence-corrected chi connectivity index (χ2v) is 6.99. The summed E-state index contributed by atoms with van der Waals surface area (Å²) in [5.41, 5.74) is 3.34. The molecule has 30 heavy (non-hydrogen) atoms. The van der Waals surface area contributed by atoms with E-state index in [0.29, 0.717) is 34.2 Å². The van der Waals surface area contributed by atoms with E-state index in [0.717, 1.165) is 11.3 Å². The van der Waals surface area contributed by atoms with Crippen LogP contribution in [0.15, 0.2) is 36.4 Å². The topological polar surface area (TPSA) is 85.5 Å². The quantitative estimate of drug-likeness (QED) is 0.517. The smallest absolute Gasteiger partial charge is 0.482 e. The number of alkyl halides is 2. The van der Waals surface area contributed by atoms with Crippen molar-refractivity contribution in [1.29, 1.82) is 0 Å². The molecule has 3 rings (SSSR count). The number of pyridine rings is 1. The van der Waals surface area contributed by atoms with Crippen LogP contribution in [0.1, 0.15) is 16.7 Å². The average molecular weight is 439 g/mol. The van der Waals surface area contributed by atoms with Gasteiger partial charge in [0.15, 0.2) is 6.61 Å². The molecule has 9 heteroatoms. The van der Waals surface area contributed by atoms with Gasteiger partial charge in [-0.1, -0.05) is 23.7 Å². The summed E-state index contributed by atoms with van der Waals surface area (Å²) >= 11 is 6.28. The lowest BCUT2D eigenvalue weighted by molar-refractivity contribution is -0.407. The molecule has 1 heterocycles. The van der Waals surface area contributed by atoms with E-state index in [9.17, 15) is 13.6 Å². The van der Waals surface area contributed by atoms with Crippen LogP contribution in [0.4, 0.5) is 14.5 Å². The van der Waals surface area contributed by atoms with Crippen LogP contribution in [-0.2, 0) is 11.2 Å². The van der Waals surface area contributed by atoms with E-state index in [1.54, 1.807) is 20.0 Å². The molecule has 0 aliphatic carbocycles. The molecule has 0 atom stereocenters. The summed E-state index contributed by atoms with van der Waals surface area (Å²) in [5, 5.41) is 12.8. The maximum Gasteiger partial charge on any atom is 0.509 e. The Morgan fingerprint density at radius 1 is 1.27 bits per heavy atom. The third-order valence-electron chi connectivity index (χ3n) is 4.67. The third-order valence-corrected chi connectivity index (χ3v) is 4.99. The van der Waals surface area contributed by atoms with Crippen LogP contribution in [0.5, 0.6) is 11.6 Å². The van der Waals surface area contributed by atoms with Gasteiger partial charge in [0, 0.05) is 19.2 Å². The van der Waals surface area contributed by atoms with E-state index < -0.39 is 19.2 Å². The zero-order chi connectivity index (χ0) is 21.8. The molecular formula is C21H21ClF2N2O4+2. The fourth-order valence-corrected chi connectivity index (χ4v) is 3.46. The van der Waals surface area contributed by atoms with Gasteiger partial charge in [-0.25, -0.2) is 4.79 Å². The molecule has 0 radical (unpaired) electrons. The van der Waals surface area contributed by atoms with Gasteiger partial charge in [-0.05, 0) is 42.3 Å². The first kappa shape index (κ1) is 21.6. The van der Waals surface area contributed by atoms with Gasteiger partial charge >= 0.3 is 18.5 Å². The van der Waals surface area contributed by atoms with Gasteiger partial charge < -0.3 is 19.9 Å². The van der Waals surface area contributed by atoms with Crippen LogP contribution >= 0.6 is 11.6 Å². The van der Waals surface area contributed by atoms with Gasteiger partial charge in [0.05, 0.1) is 5.39 Å². The van der Waals surface area contributed by atoms with Crippen molar-refractivity contribution in [2.24, 2.45) is 0 Å². The molecular weight excluding hydrogens is 418 g/mol. The van der Waals surface area contributed by atoms with Crippen LogP contribution < -0.4 is 15.0 Å². The zero-order valence-electron chi connectivity index (χ0n) is 16.3. The first-order chi connectivity index (χ1) is 14.3. The van der Waals surface area contributed by atoms with Crippen molar-refractivity contribution in [3.8, 4) is 11.6 Å². The number of benzene rings is 2. The maximum atomic E-state index is 13.1. The molecule has 3 aromatic rings. The molecule has 0 amide bonds. The highest BCUT2D eigenvalue weighted by molar-refractivity contribution is 6.35. The number of fused-ring (bicyclic) bond motifs is 1. The highest BCUT2D eigenvalue weighted by atomic mass is 35.5. The minimum atomic E-state index is -2.91. The predicted molar refractivity (Wildman–Crippen MR) is 110 cm³/mol. The fourth-order valence-electron chi connectivity index (χ4n) is 3.25. The number of nitrogens with one attached hydrogen (secondary N) is 2. The zero-order valence-corrected chi connectivity index (χ0v) is 17.1. The fraction of sp³-hybridized carbons (Fsp3) is 0.238. The Kier molecular flexibility index (Phi) is 6.56. The molecule has 0 aliphatic rings. The van der Waals surface area contributed by atoms with Gasteiger partial charge in [0.25, 0.3) is 0 Å². The Hall–Kier alpha value is -3.13. The molecule has 2 aromatic carbocycles. The number of H-pyrrole nitrogens is 1. The molecule has 0 saturated heterocycles. The number of carboxylic acids is 1.